The van der Waals surface area contributed by atoms with Crippen LogP contribution in [0.15, 0.2) is 42.7 Å². The van der Waals surface area contributed by atoms with E-state index in [2.05, 4.69) is 21.8 Å². The Labute approximate surface area is 154 Å². The minimum atomic E-state index is -2.52. The van der Waals surface area contributed by atoms with Gasteiger partial charge in [0.15, 0.2) is 0 Å². The second kappa shape index (κ2) is 8.11. The summed E-state index contributed by atoms with van der Waals surface area (Å²) >= 11 is 6.35. The van der Waals surface area contributed by atoms with Crippen molar-refractivity contribution in [2.24, 2.45) is 0 Å². The van der Waals surface area contributed by atoms with Crippen LogP contribution in [0.1, 0.15) is 17.6 Å². The smallest absolute Gasteiger partial charge is 0.299 e. The van der Waals surface area contributed by atoms with Gasteiger partial charge in [0.2, 0.25) is 5.95 Å². The molecule has 0 N–H and O–H groups in total. The topological polar surface area (TPSA) is 49.3 Å². The lowest BCUT2D eigenvalue weighted by Gasteiger charge is -2.37. The van der Waals surface area contributed by atoms with Gasteiger partial charge in [0.25, 0.3) is 12.3 Å². The van der Waals surface area contributed by atoms with Crippen molar-refractivity contribution in [3.05, 3.63) is 53.9 Å². The molecule has 1 aliphatic rings. The summed E-state index contributed by atoms with van der Waals surface area (Å²) in [5, 5.41) is 0. The molecule has 0 saturated carbocycles. The van der Waals surface area contributed by atoms with Crippen LogP contribution in [-0.4, -0.2) is 45.9 Å². The Morgan fingerprint density at radius 3 is 2.50 bits per heavy atom. The number of aromatic nitrogens is 2. The highest BCUT2D eigenvalue weighted by Crippen LogP contribution is 2.19. The molecule has 0 aliphatic carbocycles. The summed E-state index contributed by atoms with van der Waals surface area (Å²) in [6.45, 7) is 1.23. The maximum Gasteiger partial charge on any atom is 0.299 e. The summed E-state index contributed by atoms with van der Waals surface area (Å²) in [4.78, 5) is 24.0. The molecule has 1 saturated heterocycles. The van der Waals surface area contributed by atoms with E-state index in [0.29, 0.717) is 24.6 Å². The SMILES string of the molecule is O=C(C#Cc1ccc(C(F)F)cc1)N1CCN(c2ncccn2)C(Cl)C1. The zero-order valence-corrected chi connectivity index (χ0v) is 14.4. The van der Waals surface area contributed by atoms with Crippen LogP contribution < -0.4 is 4.90 Å². The molecule has 0 radical (unpaired) electrons. The lowest BCUT2D eigenvalue weighted by molar-refractivity contribution is -0.125. The molecule has 0 bridgehead atoms. The van der Waals surface area contributed by atoms with E-state index in [-0.39, 0.29) is 18.0 Å². The van der Waals surface area contributed by atoms with Crippen LogP contribution in [0.4, 0.5) is 14.7 Å². The van der Waals surface area contributed by atoms with Crippen LogP contribution in [0.2, 0.25) is 0 Å². The van der Waals surface area contributed by atoms with Gasteiger partial charge in [-0.15, -0.1) is 0 Å². The molecule has 2 heterocycles. The Balaban J connectivity index is 1.62. The van der Waals surface area contributed by atoms with Crippen LogP contribution in [0.25, 0.3) is 0 Å². The lowest BCUT2D eigenvalue weighted by atomic mass is 10.1. The predicted octanol–water partition coefficient (Wildman–Crippen LogP) is 2.68. The minimum Gasteiger partial charge on any atom is -0.327 e. The van der Waals surface area contributed by atoms with Crippen molar-refractivity contribution in [3.8, 4) is 11.8 Å². The number of piperazine rings is 1. The number of halogens is 3. The number of hydrogen-bond acceptors (Lipinski definition) is 4. The van der Waals surface area contributed by atoms with Gasteiger partial charge < -0.3 is 9.80 Å². The number of nitrogens with zero attached hydrogens (tertiary/aromatic N) is 4. The molecule has 134 valence electrons. The number of anilines is 1. The monoisotopic (exact) mass is 376 g/mol. The summed E-state index contributed by atoms with van der Waals surface area (Å²) in [6.07, 6.45) is 0.742. The molecule has 5 nitrogen and oxygen atoms in total. The van der Waals surface area contributed by atoms with Crippen LogP contribution in [0, 0.1) is 11.8 Å². The first-order chi connectivity index (χ1) is 12.5. The molecule has 1 aromatic carbocycles. The first kappa shape index (κ1) is 18.1. The summed E-state index contributed by atoms with van der Waals surface area (Å²) in [5.41, 5.74) is -0.0326. The number of carbonyl (C=O) groups excluding carboxylic acids is 1. The van der Waals surface area contributed by atoms with Crippen LogP contribution >= 0.6 is 11.6 Å². The van der Waals surface area contributed by atoms with Crippen LogP contribution in [0.5, 0.6) is 0 Å². The molecule has 1 atom stereocenters. The second-order valence-corrected chi connectivity index (χ2v) is 6.10. The quantitative estimate of drug-likeness (QED) is 0.459. The first-order valence-corrected chi connectivity index (χ1v) is 8.35. The largest absolute Gasteiger partial charge is 0.327 e. The summed E-state index contributed by atoms with van der Waals surface area (Å²) in [6, 6.07) is 7.25. The number of amides is 1. The maximum atomic E-state index is 12.5. The third-order valence-electron chi connectivity index (χ3n) is 3.89. The van der Waals surface area contributed by atoms with E-state index in [1.165, 1.54) is 24.3 Å². The molecule has 3 rings (SSSR count). The fraction of sp³-hybridized carbons (Fsp3) is 0.278. The van der Waals surface area contributed by atoms with E-state index in [0.717, 1.165) is 0 Å². The van der Waals surface area contributed by atoms with Crippen molar-refractivity contribution in [1.29, 1.82) is 0 Å². The van der Waals surface area contributed by atoms with Crippen molar-refractivity contribution in [2.75, 3.05) is 24.5 Å². The minimum absolute atomic E-state index is 0.0777. The van der Waals surface area contributed by atoms with Gasteiger partial charge in [-0.25, -0.2) is 18.7 Å². The van der Waals surface area contributed by atoms with Gasteiger partial charge in [0, 0.05) is 42.5 Å². The van der Waals surface area contributed by atoms with E-state index < -0.39 is 11.9 Å². The number of benzene rings is 1. The molecule has 1 fully saturated rings. The fourth-order valence-corrected chi connectivity index (χ4v) is 2.86. The molecule has 1 aliphatic heterocycles. The molecule has 1 aromatic heterocycles. The number of rotatable bonds is 2. The highest BCUT2D eigenvalue weighted by molar-refractivity contribution is 6.22. The van der Waals surface area contributed by atoms with Crippen molar-refractivity contribution in [3.63, 3.8) is 0 Å². The van der Waals surface area contributed by atoms with Gasteiger partial charge >= 0.3 is 0 Å². The van der Waals surface area contributed by atoms with Gasteiger partial charge in [-0.05, 0) is 18.2 Å². The number of hydrogen-bond donors (Lipinski definition) is 0. The molecule has 1 amide bonds. The van der Waals surface area contributed by atoms with E-state index in [9.17, 15) is 13.6 Å². The third-order valence-corrected chi connectivity index (χ3v) is 4.27. The average Bonchev–Trinajstić information content (AvgIpc) is 2.67. The highest BCUT2D eigenvalue weighted by atomic mass is 35.5. The molecular weight excluding hydrogens is 362 g/mol. The lowest BCUT2D eigenvalue weighted by Crippen LogP contribution is -2.53. The number of alkyl halides is 3. The van der Waals surface area contributed by atoms with E-state index >= 15 is 0 Å². The van der Waals surface area contributed by atoms with Gasteiger partial charge in [-0.3, -0.25) is 4.79 Å². The van der Waals surface area contributed by atoms with E-state index in [1.54, 1.807) is 23.4 Å². The van der Waals surface area contributed by atoms with Crippen molar-refractivity contribution in [2.45, 2.75) is 11.9 Å². The molecule has 1 unspecified atom stereocenters. The van der Waals surface area contributed by atoms with Crippen molar-refractivity contribution >= 4 is 23.5 Å². The Kier molecular flexibility index (Phi) is 5.64. The zero-order chi connectivity index (χ0) is 18.5. The Hall–Kier alpha value is -2.72. The summed E-state index contributed by atoms with van der Waals surface area (Å²) < 4.78 is 25.0. The van der Waals surface area contributed by atoms with E-state index in [1.807, 2.05) is 4.90 Å². The molecule has 0 spiro atoms. The van der Waals surface area contributed by atoms with Gasteiger partial charge in [-0.1, -0.05) is 29.7 Å². The Morgan fingerprint density at radius 2 is 1.88 bits per heavy atom. The predicted molar refractivity (Wildman–Crippen MR) is 93.9 cm³/mol. The first-order valence-electron chi connectivity index (χ1n) is 7.91. The molecule has 26 heavy (non-hydrogen) atoms. The zero-order valence-electron chi connectivity index (χ0n) is 13.6. The average molecular weight is 377 g/mol. The van der Waals surface area contributed by atoms with Crippen LogP contribution in [0.3, 0.4) is 0 Å². The highest BCUT2D eigenvalue weighted by Gasteiger charge is 2.29. The normalized spacial score (nSPS) is 17.0. The molecule has 8 heteroatoms. The maximum absolute atomic E-state index is 12.5. The Bertz CT molecular complexity index is 821. The summed E-state index contributed by atoms with van der Waals surface area (Å²) in [7, 11) is 0. The fourth-order valence-electron chi connectivity index (χ4n) is 2.51. The third kappa shape index (κ3) is 4.27. The van der Waals surface area contributed by atoms with E-state index in [4.69, 9.17) is 11.6 Å². The van der Waals surface area contributed by atoms with Crippen molar-refractivity contribution < 1.29 is 13.6 Å². The van der Waals surface area contributed by atoms with Crippen LogP contribution in [-0.2, 0) is 4.79 Å². The number of carbonyl (C=O) groups is 1. The molecule has 2 aromatic rings. The van der Waals surface area contributed by atoms with Gasteiger partial charge in [0.05, 0.1) is 6.54 Å². The summed E-state index contributed by atoms with van der Waals surface area (Å²) in [5.74, 6) is 5.39. The molecular formula is C18H15ClF2N4O. The Morgan fingerprint density at radius 1 is 1.19 bits per heavy atom. The van der Waals surface area contributed by atoms with Gasteiger partial charge in [-0.2, -0.15) is 0 Å². The van der Waals surface area contributed by atoms with Gasteiger partial charge in [0.1, 0.15) is 5.50 Å². The standard InChI is InChI=1S/C18H15ClF2N4O/c19-15-12-24(10-11-25(15)18-22-8-1-9-23-18)16(26)7-4-13-2-5-14(6-3-13)17(20)21/h1-3,5-6,8-9,15,17H,10-12H2. The van der Waals surface area contributed by atoms with Crippen molar-refractivity contribution in [1.82, 2.24) is 14.9 Å². The second-order valence-electron chi connectivity index (χ2n) is 5.60.